The van der Waals surface area contributed by atoms with E-state index in [2.05, 4.69) is 10.6 Å². The van der Waals surface area contributed by atoms with Crippen LogP contribution < -0.4 is 16.4 Å². The topological polar surface area (TPSA) is 105 Å². The molecular weight excluding hydrogens is 332 g/mol. The van der Waals surface area contributed by atoms with Gasteiger partial charge in [-0.2, -0.15) is 0 Å². The minimum Gasteiger partial charge on any atom is -0.351 e. The molecule has 1 spiro atoms. The molecule has 24 heavy (non-hydrogen) atoms. The highest BCUT2D eigenvalue weighted by atomic mass is 35.5. The van der Waals surface area contributed by atoms with Gasteiger partial charge >= 0.3 is 6.03 Å². The van der Waals surface area contributed by atoms with Crippen molar-refractivity contribution >= 4 is 30.3 Å². The van der Waals surface area contributed by atoms with E-state index < -0.39 is 11.6 Å². The Bertz CT molecular complexity index is 508. The highest BCUT2D eigenvalue weighted by molar-refractivity contribution is 6.09. The van der Waals surface area contributed by atoms with Crippen molar-refractivity contribution in [2.75, 3.05) is 13.1 Å². The number of hydrogen-bond donors (Lipinski definition) is 3. The molecule has 4 amide bonds. The lowest BCUT2D eigenvalue weighted by Gasteiger charge is -2.31. The van der Waals surface area contributed by atoms with E-state index in [-0.39, 0.29) is 42.7 Å². The second kappa shape index (κ2) is 7.70. The van der Waals surface area contributed by atoms with Crippen molar-refractivity contribution < 1.29 is 14.4 Å². The molecule has 4 N–H and O–H groups in total. The van der Waals surface area contributed by atoms with Gasteiger partial charge in [0.15, 0.2) is 0 Å². The number of carbonyl (C=O) groups is 3. The maximum Gasteiger partial charge on any atom is 0.325 e. The number of nitrogens with zero attached hydrogens (tertiary/aromatic N) is 1. The van der Waals surface area contributed by atoms with Crippen LogP contribution in [0.15, 0.2) is 0 Å². The molecule has 136 valence electrons. The molecule has 7 nitrogen and oxygen atoms in total. The largest absolute Gasteiger partial charge is 0.351 e. The van der Waals surface area contributed by atoms with Gasteiger partial charge in [0.05, 0.1) is 0 Å². The predicted octanol–water partition coefficient (Wildman–Crippen LogP) is 0.907. The second-order valence-electron chi connectivity index (χ2n) is 7.06. The normalized spacial score (nSPS) is 28.6. The molecule has 2 aliphatic carbocycles. The van der Waals surface area contributed by atoms with Crippen LogP contribution in [0.25, 0.3) is 0 Å². The Morgan fingerprint density at radius 3 is 2.54 bits per heavy atom. The molecule has 0 radical (unpaired) electrons. The summed E-state index contributed by atoms with van der Waals surface area (Å²) in [5.41, 5.74) is 5.03. The summed E-state index contributed by atoms with van der Waals surface area (Å²) in [4.78, 5) is 38.0. The Morgan fingerprint density at radius 2 is 1.88 bits per heavy atom. The molecule has 8 heteroatoms. The molecule has 1 saturated heterocycles. The van der Waals surface area contributed by atoms with Crippen molar-refractivity contribution in [1.29, 1.82) is 0 Å². The van der Waals surface area contributed by atoms with Crippen molar-refractivity contribution in [2.24, 2.45) is 11.7 Å². The third-order valence-electron chi connectivity index (χ3n) is 5.56. The van der Waals surface area contributed by atoms with Crippen LogP contribution in [-0.4, -0.2) is 47.4 Å². The Hall–Kier alpha value is -1.34. The van der Waals surface area contributed by atoms with Gasteiger partial charge in [0.2, 0.25) is 5.91 Å². The fourth-order valence-corrected chi connectivity index (χ4v) is 4.21. The van der Waals surface area contributed by atoms with E-state index in [1.165, 1.54) is 0 Å². The monoisotopic (exact) mass is 358 g/mol. The summed E-state index contributed by atoms with van der Waals surface area (Å²) >= 11 is 0. The van der Waals surface area contributed by atoms with Crippen LogP contribution >= 0.6 is 12.4 Å². The first-order chi connectivity index (χ1) is 11.1. The van der Waals surface area contributed by atoms with Gasteiger partial charge in [-0.15, -0.1) is 12.4 Å². The fourth-order valence-electron chi connectivity index (χ4n) is 4.21. The number of nitrogens with two attached hydrogens (primary N) is 1. The number of imide groups is 1. The lowest BCUT2D eigenvalue weighted by molar-refractivity contribution is -0.135. The van der Waals surface area contributed by atoms with Crippen LogP contribution in [0.1, 0.15) is 51.4 Å². The van der Waals surface area contributed by atoms with E-state index in [4.69, 9.17) is 5.73 Å². The maximum atomic E-state index is 12.5. The molecular formula is C16H27ClN4O3. The van der Waals surface area contributed by atoms with E-state index in [0.29, 0.717) is 19.4 Å². The maximum absolute atomic E-state index is 12.5. The summed E-state index contributed by atoms with van der Waals surface area (Å²) in [6.07, 6.45) is 7.38. The van der Waals surface area contributed by atoms with Gasteiger partial charge in [-0.3, -0.25) is 14.5 Å². The van der Waals surface area contributed by atoms with E-state index in [0.717, 1.165) is 43.4 Å². The first-order valence-electron chi connectivity index (χ1n) is 8.69. The fraction of sp³-hybridized carbons (Fsp3) is 0.812. The van der Waals surface area contributed by atoms with E-state index >= 15 is 0 Å². The summed E-state index contributed by atoms with van der Waals surface area (Å²) in [6, 6.07) is -0.381. The van der Waals surface area contributed by atoms with Gasteiger partial charge in [0.1, 0.15) is 12.1 Å². The molecule has 3 fully saturated rings. The number of nitrogens with one attached hydrogen (secondary N) is 2. The van der Waals surface area contributed by atoms with E-state index in [9.17, 15) is 14.4 Å². The van der Waals surface area contributed by atoms with Crippen molar-refractivity contribution in [1.82, 2.24) is 15.5 Å². The molecule has 0 aromatic carbocycles. The van der Waals surface area contributed by atoms with Crippen LogP contribution in [0.3, 0.4) is 0 Å². The standard InChI is InChI=1S/C16H26N4O3.ClH/c17-9-11-5-1-2-6-12(11)18-13(21)10-20-14(22)16(19-15(20)23)7-3-4-8-16;/h11-12H,1-10,17H2,(H,18,21)(H,19,23);1H. The van der Waals surface area contributed by atoms with Gasteiger partial charge in [-0.1, -0.05) is 25.7 Å². The number of amides is 4. The van der Waals surface area contributed by atoms with Crippen molar-refractivity contribution in [3.63, 3.8) is 0 Å². The number of carbonyl (C=O) groups excluding carboxylic acids is 3. The Labute approximate surface area is 148 Å². The smallest absolute Gasteiger partial charge is 0.325 e. The Morgan fingerprint density at radius 1 is 1.21 bits per heavy atom. The summed E-state index contributed by atoms with van der Waals surface area (Å²) in [7, 11) is 0. The van der Waals surface area contributed by atoms with E-state index in [1.807, 2.05) is 0 Å². The quantitative estimate of drug-likeness (QED) is 0.649. The average molecular weight is 359 g/mol. The van der Waals surface area contributed by atoms with Crippen molar-refractivity contribution in [3.05, 3.63) is 0 Å². The summed E-state index contributed by atoms with van der Waals surface area (Å²) in [6.45, 7) is 0.359. The molecule has 2 saturated carbocycles. The summed E-state index contributed by atoms with van der Waals surface area (Å²) in [5.74, 6) is -0.222. The minimum absolute atomic E-state index is 0. The number of halogens is 1. The Balaban J connectivity index is 0.00000208. The third kappa shape index (κ3) is 3.52. The molecule has 2 unspecified atom stereocenters. The first-order valence-corrected chi connectivity index (χ1v) is 8.69. The average Bonchev–Trinajstić information content (AvgIpc) is 3.09. The molecule has 1 heterocycles. The SMILES string of the molecule is Cl.NCC1CCCCC1NC(=O)CN1C(=O)NC2(CCCC2)C1=O. The molecule has 3 aliphatic rings. The lowest BCUT2D eigenvalue weighted by atomic mass is 9.84. The zero-order valence-electron chi connectivity index (χ0n) is 13.9. The van der Waals surface area contributed by atoms with Crippen LogP contribution in [0.2, 0.25) is 0 Å². The zero-order chi connectivity index (χ0) is 16.4. The molecule has 0 bridgehead atoms. The summed E-state index contributed by atoms with van der Waals surface area (Å²) < 4.78 is 0. The van der Waals surface area contributed by atoms with Gasteiger partial charge in [-0.05, 0) is 38.1 Å². The number of urea groups is 1. The zero-order valence-corrected chi connectivity index (χ0v) is 14.7. The first kappa shape index (κ1) is 19.0. The minimum atomic E-state index is -0.748. The highest BCUT2D eigenvalue weighted by Gasteiger charge is 2.52. The molecule has 3 rings (SSSR count). The van der Waals surface area contributed by atoms with Crippen LogP contribution in [0.5, 0.6) is 0 Å². The van der Waals surface area contributed by atoms with Crippen molar-refractivity contribution in [3.8, 4) is 0 Å². The van der Waals surface area contributed by atoms with Crippen LogP contribution in [-0.2, 0) is 9.59 Å². The van der Waals surface area contributed by atoms with Gasteiger partial charge in [0, 0.05) is 6.04 Å². The second-order valence-corrected chi connectivity index (χ2v) is 7.06. The van der Waals surface area contributed by atoms with Crippen LogP contribution in [0.4, 0.5) is 4.79 Å². The third-order valence-corrected chi connectivity index (χ3v) is 5.56. The van der Waals surface area contributed by atoms with E-state index in [1.54, 1.807) is 0 Å². The molecule has 0 aromatic heterocycles. The number of hydrogen-bond acceptors (Lipinski definition) is 4. The van der Waals surface area contributed by atoms with Crippen LogP contribution in [0, 0.1) is 5.92 Å². The lowest BCUT2D eigenvalue weighted by Crippen LogP contribution is -2.49. The molecule has 2 atom stereocenters. The Kier molecular flexibility index (Phi) is 6.09. The highest BCUT2D eigenvalue weighted by Crippen LogP contribution is 2.34. The van der Waals surface area contributed by atoms with Gasteiger partial charge in [0.25, 0.3) is 5.91 Å². The molecule has 1 aliphatic heterocycles. The van der Waals surface area contributed by atoms with Gasteiger partial charge < -0.3 is 16.4 Å². The number of rotatable bonds is 4. The summed E-state index contributed by atoms with van der Waals surface area (Å²) in [5, 5.41) is 5.77. The predicted molar refractivity (Wildman–Crippen MR) is 91.6 cm³/mol. The molecule has 0 aromatic rings. The van der Waals surface area contributed by atoms with Crippen molar-refractivity contribution in [2.45, 2.75) is 62.9 Å². The van der Waals surface area contributed by atoms with Gasteiger partial charge in [-0.25, -0.2) is 4.79 Å².